The summed E-state index contributed by atoms with van der Waals surface area (Å²) in [6.07, 6.45) is -3.51. The Labute approximate surface area is 167 Å². The van der Waals surface area contributed by atoms with E-state index in [4.69, 9.17) is 0 Å². The second kappa shape index (κ2) is 6.77. The number of benzene rings is 4. The van der Waals surface area contributed by atoms with Crippen LogP contribution >= 0.6 is 0 Å². The number of fused-ring (bicyclic) bond motifs is 2. The van der Waals surface area contributed by atoms with Crippen molar-refractivity contribution >= 4 is 10.8 Å². The van der Waals surface area contributed by atoms with Crippen molar-refractivity contribution in [3.8, 4) is 0 Å². The molecule has 0 fully saturated rings. The van der Waals surface area contributed by atoms with Gasteiger partial charge >= 0.3 is 6.18 Å². The molecule has 144 valence electrons. The first kappa shape index (κ1) is 18.0. The Morgan fingerprint density at radius 3 is 2.24 bits per heavy atom. The van der Waals surface area contributed by atoms with E-state index in [1.54, 1.807) is 0 Å². The van der Waals surface area contributed by atoms with Crippen LogP contribution in [-0.2, 0) is 12.6 Å². The Bertz CT molecular complexity index is 1190. The number of hydrogen-bond acceptors (Lipinski definition) is 0. The van der Waals surface area contributed by atoms with Gasteiger partial charge in [0.25, 0.3) is 0 Å². The highest BCUT2D eigenvalue weighted by molar-refractivity contribution is 5.83. The number of halogens is 3. The van der Waals surface area contributed by atoms with E-state index >= 15 is 0 Å². The molecule has 0 N–H and O–H groups in total. The van der Waals surface area contributed by atoms with Crippen molar-refractivity contribution in [1.29, 1.82) is 0 Å². The summed E-state index contributed by atoms with van der Waals surface area (Å²) in [5.74, 6) is 0.0233. The minimum Gasteiger partial charge on any atom is -0.166 e. The molecule has 4 aromatic carbocycles. The first-order chi connectivity index (χ1) is 14.0. The smallest absolute Gasteiger partial charge is 0.166 e. The van der Waals surface area contributed by atoms with E-state index in [1.165, 1.54) is 28.6 Å². The minimum atomic E-state index is -4.34. The van der Waals surface area contributed by atoms with Gasteiger partial charge in [0.15, 0.2) is 0 Å². The normalized spacial score (nSPS) is 18.7. The fourth-order valence-corrected chi connectivity index (χ4v) is 4.66. The van der Waals surface area contributed by atoms with Crippen LogP contribution in [0.5, 0.6) is 0 Å². The maximum atomic E-state index is 13.3. The minimum absolute atomic E-state index is 0.0883. The number of alkyl halides is 3. The van der Waals surface area contributed by atoms with Gasteiger partial charge in [-0.1, -0.05) is 84.9 Å². The first-order valence-electron chi connectivity index (χ1n) is 9.74. The molecule has 0 radical (unpaired) electrons. The van der Waals surface area contributed by atoms with Gasteiger partial charge in [-0.05, 0) is 51.4 Å². The zero-order chi connectivity index (χ0) is 20.0. The maximum absolute atomic E-state index is 13.3. The van der Waals surface area contributed by atoms with E-state index in [0.717, 1.165) is 29.0 Å². The fourth-order valence-electron chi connectivity index (χ4n) is 4.66. The molecule has 0 spiro atoms. The lowest BCUT2D eigenvalue weighted by Gasteiger charge is -2.23. The van der Waals surface area contributed by atoms with Crippen LogP contribution in [-0.4, -0.2) is 0 Å². The highest BCUT2D eigenvalue weighted by Gasteiger charge is 2.36. The SMILES string of the molecule is FC(F)(F)c1cccc(C2c3ccccc3CC2c2ccc3ccccc3c2)c1. The molecule has 2 atom stereocenters. The Morgan fingerprint density at radius 2 is 1.41 bits per heavy atom. The molecule has 4 aromatic rings. The predicted octanol–water partition coefficient (Wildman–Crippen LogP) is 7.33. The van der Waals surface area contributed by atoms with Crippen LogP contribution in [0.25, 0.3) is 10.8 Å². The van der Waals surface area contributed by atoms with Gasteiger partial charge < -0.3 is 0 Å². The van der Waals surface area contributed by atoms with Gasteiger partial charge in [0.1, 0.15) is 0 Å². The molecule has 0 amide bonds. The molecule has 0 heterocycles. The van der Waals surface area contributed by atoms with E-state index in [-0.39, 0.29) is 11.8 Å². The molecule has 29 heavy (non-hydrogen) atoms. The van der Waals surface area contributed by atoms with Crippen molar-refractivity contribution in [2.24, 2.45) is 0 Å². The van der Waals surface area contributed by atoms with Gasteiger partial charge in [0.05, 0.1) is 5.56 Å². The zero-order valence-electron chi connectivity index (χ0n) is 15.7. The van der Waals surface area contributed by atoms with Gasteiger partial charge in [-0.3, -0.25) is 0 Å². The Morgan fingerprint density at radius 1 is 0.655 bits per heavy atom. The monoisotopic (exact) mass is 388 g/mol. The number of rotatable bonds is 2. The largest absolute Gasteiger partial charge is 0.416 e. The van der Waals surface area contributed by atoms with Crippen molar-refractivity contribution in [2.45, 2.75) is 24.4 Å². The fraction of sp³-hybridized carbons (Fsp3) is 0.154. The molecular formula is C26H19F3. The van der Waals surface area contributed by atoms with Crippen LogP contribution in [0.15, 0.2) is 91.0 Å². The highest BCUT2D eigenvalue weighted by atomic mass is 19.4. The molecule has 5 rings (SSSR count). The van der Waals surface area contributed by atoms with Crippen LogP contribution < -0.4 is 0 Å². The Balaban J connectivity index is 1.65. The molecule has 0 aromatic heterocycles. The molecular weight excluding hydrogens is 369 g/mol. The molecule has 0 saturated heterocycles. The van der Waals surface area contributed by atoms with Crippen molar-refractivity contribution in [2.75, 3.05) is 0 Å². The van der Waals surface area contributed by atoms with Crippen LogP contribution in [0, 0.1) is 0 Å². The molecule has 3 heteroatoms. The van der Waals surface area contributed by atoms with Crippen molar-refractivity contribution in [1.82, 2.24) is 0 Å². The third kappa shape index (κ3) is 3.21. The standard InChI is InChI=1S/C26H19F3/c27-26(28,29)22-10-5-9-21(15-22)25-23-11-4-3-8-19(23)16-24(25)20-13-12-17-6-1-2-7-18(17)14-20/h1-15,24-25H,16H2. The summed E-state index contributed by atoms with van der Waals surface area (Å²) >= 11 is 0. The molecule has 0 aliphatic heterocycles. The molecule has 2 unspecified atom stereocenters. The van der Waals surface area contributed by atoms with E-state index in [9.17, 15) is 13.2 Å². The molecule has 1 aliphatic carbocycles. The van der Waals surface area contributed by atoms with E-state index in [0.29, 0.717) is 0 Å². The molecule has 0 saturated carbocycles. The lowest BCUT2D eigenvalue weighted by atomic mass is 9.81. The summed E-state index contributed by atoms with van der Waals surface area (Å²) in [5.41, 5.74) is 3.65. The summed E-state index contributed by atoms with van der Waals surface area (Å²) in [6.45, 7) is 0. The van der Waals surface area contributed by atoms with Crippen LogP contribution in [0.2, 0.25) is 0 Å². The van der Waals surface area contributed by atoms with Gasteiger partial charge in [0.2, 0.25) is 0 Å². The van der Waals surface area contributed by atoms with Gasteiger partial charge in [-0.2, -0.15) is 13.2 Å². The summed E-state index contributed by atoms with van der Waals surface area (Å²) in [5, 5.41) is 2.33. The topological polar surface area (TPSA) is 0 Å². The van der Waals surface area contributed by atoms with E-state index < -0.39 is 11.7 Å². The second-order valence-corrected chi connectivity index (χ2v) is 7.72. The third-order valence-corrected chi connectivity index (χ3v) is 6.01. The first-order valence-corrected chi connectivity index (χ1v) is 9.74. The van der Waals surface area contributed by atoms with Crippen molar-refractivity contribution in [3.05, 3.63) is 119 Å². The lowest BCUT2D eigenvalue weighted by Crippen LogP contribution is -2.11. The summed E-state index contributed by atoms with van der Waals surface area (Å²) in [4.78, 5) is 0. The Hall–Kier alpha value is -3.07. The van der Waals surface area contributed by atoms with Crippen molar-refractivity contribution in [3.63, 3.8) is 0 Å². The van der Waals surface area contributed by atoms with Crippen LogP contribution in [0.3, 0.4) is 0 Å². The van der Waals surface area contributed by atoms with Crippen LogP contribution in [0.1, 0.15) is 39.7 Å². The van der Waals surface area contributed by atoms with Gasteiger partial charge in [0, 0.05) is 5.92 Å². The maximum Gasteiger partial charge on any atom is 0.416 e. The predicted molar refractivity (Wildman–Crippen MR) is 110 cm³/mol. The molecule has 1 aliphatic rings. The van der Waals surface area contributed by atoms with Crippen molar-refractivity contribution < 1.29 is 13.2 Å². The molecule has 0 nitrogen and oxygen atoms in total. The Kier molecular flexibility index (Phi) is 4.20. The van der Waals surface area contributed by atoms with Gasteiger partial charge in [-0.15, -0.1) is 0 Å². The third-order valence-electron chi connectivity index (χ3n) is 6.01. The summed E-state index contributed by atoms with van der Waals surface area (Å²) < 4.78 is 40.0. The van der Waals surface area contributed by atoms with E-state index in [2.05, 4.69) is 42.5 Å². The molecule has 0 bridgehead atoms. The van der Waals surface area contributed by atoms with Crippen LogP contribution in [0.4, 0.5) is 13.2 Å². The average Bonchev–Trinajstić information content (AvgIpc) is 3.12. The second-order valence-electron chi connectivity index (χ2n) is 7.72. The summed E-state index contributed by atoms with van der Waals surface area (Å²) in [7, 11) is 0. The zero-order valence-corrected chi connectivity index (χ0v) is 15.7. The quantitative estimate of drug-likeness (QED) is 0.337. The highest BCUT2D eigenvalue weighted by Crippen LogP contribution is 2.48. The summed E-state index contributed by atoms with van der Waals surface area (Å²) in [6, 6.07) is 28.6. The lowest BCUT2D eigenvalue weighted by molar-refractivity contribution is -0.137. The number of hydrogen-bond donors (Lipinski definition) is 0. The van der Waals surface area contributed by atoms with Gasteiger partial charge in [-0.25, -0.2) is 0 Å². The van der Waals surface area contributed by atoms with E-state index in [1.807, 2.05) is 30.3 Å². The average molecular weight is 388 g/mol.